The van der Waals surface area contributed by atoms with Crippen LogP contribution in [0.3, 0.4) is 0 Å². The Morgan fingerprint density at radius 3 is 1.92 bits per heavy atom. The van der Waals surface area contributed by atoms with E-state index in [4.69, 9.17) is 14.2 Å². The number of amides is 4. The van der Waals surface area contributed by atoms with Crippen molar-refractivity contribution in [2.24, 2.45) is 5.92 Å². The van der Waals surface area contributed by atoms with Crippen LogP contribution < -0.4 is 26.0 Å². The van der Waals surface area contributed by atoms with Crippen molar-refractivity contribution in [3.05, 3.63) is 101 Å². The van der Waals surface area contributed by atoms with Gasteiger partial charge in [0.25, 0.3) is 5.91 Å². The lowest BCUT2D eigenvalue weighted by molar-refractivity contribution is -0.940. The van der Waals surface area contributed by atoms with E-state index >= 15 is 0 Å². The number of rotatable bonds is 22. The van der Waals surface area contributed by atoms with E-state index < -0.39 is 53.5 Å². The number of ether oxygens (including phenoxy) is 3. The number of morpholine rings is 1. The van der Waals surface area contributed by atoms with Crippen molar-refractivity contribution in [3.63, 3.8) is 0 Å². The molecule has 4 amide bonds. The first-order valence-electron chi connectivity index (χ1n) is 21.7. The first kappa shape index (κ1) is 48.3. The molecule has 0 aromatic heterocycles. The molecule has 2 aliphatic rings. The minimum absolute atomic E-state index is 0.00250. The maximum absolute atomic E-state index is 14.1. The highest BCUT2D eigenvalue weighted by Crippen LogP contribution is 2.30. The van der Waals surface area contributed by atoms with Crippen molar-refractivity contribution in [2.75, 3.05) is 39.5 Å². The molecule has 3 aromatic carbocycles. The molecule has 2 fully saturated rings. The molecule has 4 N–H and O–H groups in total. The molecule has 2 saturated heterocycles. The van der Waals surface area contributed by atoms with Crippen LogP contribution in [-0.4, -0.2) is 115 Å². The molecular formula is C48H62N5O10+. The lowest BCUT2D eigenvalue weighted by atomic mass is 9.93. The van der Waals surface area contributed by atoms with Gasteiger partial charge in [0.05, 0.1) is 31.4 Å². The minimum atomic E-state index is -1.12. The molecule has 0 unspecified atom stereocenters. The number of hydrogen-bond donors (Lipinski definition) is 4. The zero-order valence-corrected chi connectivity index (χ0v) is 37.2. The van der Waals surface area contributed by atoms with Gasteiger partial charge in [-0.15, -0.1) is 0 Å². The van der Waals surface area contributed by atoms with Crippen molar-refractivity contribution in [3.8, 4) is 5.75 Å². The van der Waals surface area contributed by atoms with Gasteiger partial charge in [0.15, 0.2) is 18.1 Å². The van der Waals surface area contributed by atoms with Crippen molar-refractivity contribution in [2.45, 2.75) is 104 Å². The number of esters is 1. The van der Waals surface area contributed by atoms with Gasteiger partial charge in [-0.2, -0.15) is 0 Å². The Hall–Kier alpha value is -5.77. The Labute approximate surface area is 369 Å². The summed E-state index contributed by atoms with van der Waals surface area (Å²) >= 11 is 0. The summed E-state index contributed by atoms with van der Waals surface area (Å²) in [5.74, 6) is -2.93. The van der Waals surface area contributed by atoms with Crippen molar-refractivity contribution in [1.29, 1.82) is 0 Å². The largest absolute Gasteiger partial charge is 0.426 e. The van der Waals surface area contributed by atoms with Crippen LogP contribution in [0.2, 0.25) is 0 Å². The van der Waals surface area contributed by atoms with E-state index in [1.165, 1.54) is 20.8 Å². The van der Waals surface area contributed by atoms with E-state index in [1.807, 2.05) is 74.5 Å². The molecule has 63 heavy (non-hydrogen) atoms. The van der Waals surface area contributed by atoms with Gasteiger partial charge in [-0.1, -0.05) is 74.5 Å². The highest BCUT2D eigenvalue weighted by atomic mass is 16.6. The number of carbonyl (C=O) groups is 7. The quantitative estimate of drug-likeness (QED) is 0.0382. The number of Topliss-reactive ketones (excluding diaryl/α,β-unsaturated/α-hetero) is 2. The van der Waals surface area contributed by atoms with Crippen molar-refractivity contribution in [1.82, 2.24) is 21.3 Å². The van der Waals surface area contributed by atoms with Crippen LogP contribution in [0.15, 0.2) is 78.9 Å². The topological polar surface area (TPSA) is 199 Å². The van der Waals surface area contributed by atoms with E-state index in [2.05, 4.69) is 21.3 Å². The summed E-state index contributed by atoms with van der Waals surface area (Å²) < 4.78 is 16.6. The van der Waals surface area contributed by atoms with E-state index in [1.54, 1.807) is 25.1 Å². The number of carbonyl (C=O) groups excluding carboxylic acids is 7. The van der Waals surface area contributed by atoms with Gasteiger partial charge in [0.2, 0.25) is 17.7 Å². The predicted octanol–water partition coefficient (Wildman–Crippen LogP) is 3.40. The van der Waals surface area contributed by atoms with Crippen molar-refractivity contribution < 1.29 is 52.3 Å². The summed E-state index contributed by atoms with van der Waals surface area (Å²) in [4.78, 5) is 93.5. The molecule has 0 aliphatic carbocycles. The molecule has 5 atom stereocenters. The Bertz CT molecular complexity index is 2100. The number of ketones is 2. The molecule has 3 aromatic rings. The average Bonchev–Trinajstić information content (AvgIpc) is 4.00. The highest BCUT2D eigenvalue weighted by Gasteiger charge is 2.50. The molecule has 0 bridgehead atoms. The fraction of sp³-hybridized carbons (Fsp3) is 0.479. The monoisotopic (exact) mass is 868 g/mol. The smallest absolute Gasteiger partial charge is 0.308 e. The fourth-order valence-electron chi connectivity index (χ4n) is 7.78. The van der Waals surface area contributed by atoms with Gasteiger partial charge in [-0.3, -0.25) is 33.6 Å². The number of nitrogens with zero attached hydrogens (tertiary/aromatic N) is 1. The van der Waals surface area contributed by atoms with Crippen LogP contribution in [0.25, 0.3) is 0 Å². The van der Waals surface area contributed by atoms with Crippen LogP contribution in [0.5, 0.6) is 5.75 Å². The summed E-state index contributed by atoms with van der Waals surface area (Å²) in [5.41, 5.74) is 1.79. The second-order valence-electron chi connectivity index (χ2n) is 17.4. The molecule has 0 radical (unpaired) electrons. The van der Waals surface area contributed by atoms with Crippen LogP contribution in [0.4, 0.5) is 0 Å². The Balaban J connectivity index is 1.31. The fourth-order valence-corrected chi connectivity index (χ4v) is 7.78. The van der Waals surface area contributed by atoms with Crippen LogP contribution in [-0.2, 0) is 57.6 Å². The third-order valence-electron chi connectivity index (χ3n) is 11.4. The predicted molar refractivity (Wildman–Crippen MR) is 234 cm³/mol. The third kappa shape index (κ3) is 14.4. The van der Waals surface area contributed by atoms with Gasteiger partial charge in [0.1, 0.15) is 49.1 Å². The third-order valence-corrected chi connectivity index (χ3v) is 11.4. The van der Waals surface area contributed by atoms with Crippen molar-refractivity contribution >= 4 is 41.2 Å². The Kier molecular flexibility index (Phi) is 16.9. The summed E-state index contributed by atoms with van der Waals surface area (Å²) in [5, 5.41) is 11.4. The number of epoxide rings is 1. The van der Waals surface area contributed by atoms with Gasteiger partial charge in [-0.05, 0) is 75.3 Å². The summed E-state index contributed by atoms with van der Waals surface area (Å²) in [7, 11) is 0. The number of benzene rings is 3. The maximum atomic E-state index is 14.1. The molecule has 15 heteroatoms. The first-order valence-corrected chi connectivity index (χ1v) is 21.7. The molecule has 15 nitrogen and oxygen atoms in total. The first-order chi connectivity index (χ1) is 30.0. The maximum Gasteiger partial charge on any atom is 0.308 e. The Morgan fingerprint density at radius 1 is 0.730 bits per heavy atom. The lowest BCUT2D eigenvalue weighted by Gasteiger charge is -2.41. The molecule has 2 heterocycles. The second-order valence-corrected chi connectivity index (χ2v) is 17.4. The second kappa shape index (κ2) is 22.0. The van der Waals surface area contributed by atoms with Gasteiger partial charge in [-0.25, -0.2) is 0 Å². The molecular weight excluding hydrogens is 807 g/mol. The summed E-state index contributed by atoms with van der Waals surface area (Å²) in [6.45, 7) is 12.2. The minimum Gasteiger partial charge on any atom is -0.426 e. The summed E-state index contributed by atoms with van der Waals surface area (Å²) in [6.07, 6.45) is 1.20. The van der Waals surface area contributed by atoms with Gasteiger partial charge >= 0.3 is 5.97 Å². The zero-order chi connectivity index (χ0) is 45.7. The van der Waals surface area contributed by atoms with E-state index in [-0.39, 0.29) is 65.2 Å². The average molecular weight is 869 g/mol. The lowest BCUT2D eigenvalue weighted by Crippen LogP contribution is -2.61. The highest BCUT2D eigenvalue weighted by molar-refractivity contribution is 5.99. The molecule has 0 saturated carbocycles. The number of quaternary nitrogens is 1. The van der Waals surface area contributed by atoms with E-state index in [0.29, 0.717) is 45.7 Å². The SMILES string of the molecule is CC(=O)Oc1ccc(C[N+]2(CC(=O)N[C@@H](CCc3ccccc3)C(=O)N[C@@H](C)C(=O)N[C@@H](Cc3ccccc3)C(=O)N[C@@H](CC(C)C)C(=O)[C@@]3(C)CO3)CCOCC2)cc1C(C)=O. The van der Waals surface area contributed by atoms with E-state index in [0.717, 1.165) is 16.7 Å². The number of aryl methyl sites for hydroxylation is 1. The van der Waals surface area contributed by atoms with Crippen LogP contribution >= 0.6 is 0 Å². The summed E-state index contributed by atoms with van der Waals surface area (Å²) in [6, 6.07) is 19.7. The molecule has 5 rings (SSSR count). The van der Waals surface area contributed by atoms with E-state index in [9.17, 15) is 33.6 Å². The van der Waals surface area contributed by atoms with Crippen LogP contribution in [0.1, 0.15) is 81.4 Å². The molecule has 338 valence electrons. The Morgan fingerprint density at radius 2 is 1.33 bits per heavy atom. The normalized spacial score (nSPS) is 18.5. The number of hydrogen-bond acceptors (Lipinski definition) is 10. The number of nitrogens with one attached hydrogen (secondary N) is 4. The molecule has 2 aliphatic heterocycles. The molecule has 0 spiro atoms. The standard InChI is InChI=1S/C48H61N5O10/c1-31(2)25-40(44(57)48(6)30-62-48)51-47(60)41(27-36-15-11-8-12-16-36)52-45(58)32(3)49-46(59)39(19-17-35-13-9-7-10-14-35)50-43(56)29-53(21-23-61-24-22-53)28-37-18-20-42(63-34(5)55)38(26-37)33(4)54/h7-16,18,20,26,31-32,39-41H,17,19,21-25,27-30H2,1-6H3,(H3-,49,50,51,52,56,58,59,60)/p+1/t32-,39-,40-,41-,48+/m0/s1. The zero-order valence-electron chi connectivity index (χ0n) is 37.2. The van der Waals surface area contributed by atoms with Crippen LogP contribution in [0, 0.1) is 5.92 Å². The van der Waals surface area contributed by atoms with Gasteiger partial charge in [0, 0.05) is 18.9 Å². The van der Waals surface area contributed by atoms with Gasteiger partial charge < -0.3 is 40.0 Å².